The highest BCUT2D eigenvalue weighted by Crippen LogP contribution is 2.20. The third-order valence-corrected chi connectivity index (χ3v) is 4.39. The van der Waals surface area contributed by atoms with E-state index in [0.717, 1.165) is 18.7 Å². The molecule has 3 rings (SSSR count). The summed E-state index contributed by atoms with van der Waals surface area (Å²) in [5.74, 6) is -0.882. The van der Waals surface area contributed by atoms with Crippen LogP contribution in [0.3, 0.4) is 0 Å². The largest absolute Gasteiger partial charge is 0.494 e. The predicted octanol–water partition coefficient (Wildman–Crippen LogP) is 2.75. The summed E-state index contributed by atoms with van der Waals surface area (Å²) < 4.78 is 24.9. The number of hydrogen-bond donors (Lipinski definition) is 2. The summed E-state index contributed by atoms with van der Waals surface area (Å²) >= 11 is 0. The van der Waals surface area contributed by atoms with E-state index >= 15 is 0 Å². The number of carbonyl (C=O) groups is 2. The monoisotopic (exact) mass is 401 g/mol. The van der Waals surface area contributed by atoms with Gasteiger partial charge in [-0.15, -0.1) is 0 Å². The number of ether oxygens (including phenoxy) is 2. The molecular weight excluding hydrogens is 377 g/mol. The normalized spacial score (nSPS) is 16.9. The van der Waals surface area contributed by atoms with Crippen molar-refractivity contribution in [3.63, 3.8) is 0 Å². The maximum absolute atomic E-state index is 14.1. The quantitative estimate of drug-likeness (QED) is 0.778. The van der Waals surface area contributed by atoms with Gasteiger partial charge in [-0.2, -0.15) is 0 Å². The molecule has 1 saturated heterocycles. The fourth-order valence-electron chi connectivity index (χ4n) is 2.99. The summed E-state index contributed by atoms with van der Waals surface area (Å²) in [6.07, 6.45) is -0.643. The molecule has 1 heterocycles. The van der Waals surface area contributed by atoms with Gasteiger partial charge in [-0.05, 0) is 44.3 Å². The zero-order valence-corrected chi connectivity index (χ0v) is 16.4. The molecule has 1 aliphatic rings. The van der Waals surface area contributed by atoms with Gasteiger partial charge in [0.1, 0.15) is 17.7 Å². The van der Waals surface area contributed by atoms with Gasteiger partial charge in [0, 0.05) is 36.1 Å². The molecule has 8 heteroatoms. The second-order valence-electron chi connectivity index (χ2n) is 6.75. The van der Waals surface area contributed by atoms with Crippen molar-refractivity contribution in [2.24, 2.45) is 0 Å². The Kier molecular flexibility index (Phi) is 6.79. The molecule has 2 aromatic carbocycles. The minimum absolute atomic E-state index is 0.0868. The molecule has 0 spiro atoms. The van der Waals surface area contributed by atoms with E-state index in [2.05, 4.69) is 10.6 Å². The maximum atomic E-state index is 14.1. The van der Waals surface area contributed by atoms with E-state index in [4.69, 9.17) is 9.47 Å². The van der Waals surface area contributed by atoms with Gasteiger partial charge in [0.25, 0.3) is 11.8 Å². The van der Waals surface area contributed by atoms with Crippen LogP contribution in [0.15, 0.2) is 42.5 Å². The SMILES string of the molecule is CCOc1cccc(NC(=O)c2cc(F)cc(NC(=O)C3CN(C)CCO3)c2)c1. The lowest BCUT2D eigenvalue weighted by Gasteiger charge is -2.29. The van der Waals surface area contributed by atoms with Gasteiger partial charge in [0.05, 0.1) is 13.2 Å². The lowest BCUT2D eigenvalue weighted by atomic mass is 10.1. The summed E-state index contributed by atoms with van der Waals surface area (Å²) in [4.78, 5) is 26.9. The molecule has 1 atom stereocenters. The van der Waals surface area contributed by atoms with Crippen LogP contribution in [0, 0.1) is 5.82 Å². The minimum atomic E-state index is -0.643. The molecule has 0 aliphatic carbocycles. The lowest BCUT2D eigenvalue weighted by Crippen LogP contribution is -2.46. The van der Waals surface area contributed by atoms with Gasteiger partial charge in [0.2, 0.25) is 0 Å². The highest BCUT2D eigenvalue weighted by molar-refractivity contribution is 6.05. The van der Waals surface area contributed by atoms with Crippen molar-refractivity contribution in [1.82, 2.24) is 4.90 Å². The average Bonchev–Trinajstić information content (AvgIpc) is 2.68. The van der Waals surface area contributed by atoms with E-state index < -0.39 is 17.8 Å². The van der Waals surface area contributed by atoms with Crippen LogP contribution in [0.1, 0.15) is 17.3 Å². The molecule has 0 radical (unpaired) electrons. The van der Waals surface area contributed by atoms with Crippen molar-refractivity contribution in [3.05, 3.63) is 53.8 Å². The molecule has 0 aromatic heterocycles. The number of halogens is 1. The van der Waals surface area contributed by atoms with Crippen molar-refractivity contribution in [2.45, 2.75) is 13.0 Å². The number of likely N-dealkylation sites (N-methyl/N-ethyl adjacent to an activating group) is 1. The molecule has 29 heavy (non-hydrogen) atoms. The van der Waals surface area contributed by atoms with Crippen molar-refractivity contribution in [3.8, 4) is 5.75 Å². The van der Waals surface area contributed by atoms with Crippen molar-refractivity contribution >= 4 is 23.2 Å². The van der Waals surface area contributed by atoms with Crippen LogP contribution in [0.25, 0.3) is 0 Å². The van der Waals surface area contributed by atoms with E-state index in [-0.39, 0.29) is 17.2 Å². The smallest absolute Gasteiger partial charge is 0.255 e. The molecule has 7 nitrogen and oxygen atoms in total. The molecule has 2 N–H and O–H groups in total. The number of hydrogen-bond acceptors (Lipinski definition) is 5. The third kappa shape index (κ3) is 5.75. The number of anilines is 2. The number of morpholine rings is 1. The van der Waals surface area contributed by atoms with Crippen molar-refractivity contribution in [2.75, 3.05) is 44.0 Å². The fourth-order valence-corrected chi connectivity index (χ4v) is 2.99. The number of carbonyl (C=O) groups excluding carboxylic acids is 2. The Hall–Kier alpha value is -2.97. The van der Waals surface area contributed by atoms with Crippen molar-refractivity contribution in [1.29, 1.82) is 0 Å². The first kappa shape index (κ1) is 20.8. The van der Waals surface area contributed by atoms with Gasteiger partial charge in [-0.25, -0.2) is 4.39 Å². The summed E-state index contributed by atoms with van der Waals surface area (Å²) in [5.41, 5.74) is 0.804. The first-order valence-electron chi connectivity index (χ1n) is 9.40. The Morgan fingerprint density at radius 3 is 2.79 bits per heavy atom. The third-order valence-electron chi connectivity index (χ3n) is 4.39. The first-order chi connectivity index (χ1) is 13.9. The number of nitrogens with zero attached hydrogens (tertiary/aromatic N) is 1. The maximum Gasteiger partial charge on any atom is 0.255 e. The molecule has 0 bridgehead atoms. The van der Waals surface area contributed by atoms with E-state index in [1.807, 2.05) is 18.9 Å². The number of rotatable bonds is 6. The van der Waals surface area contributed by atoms with Gasteiger partial charge < -0.3 is 25.0 Å². The van der Waals surface area contributed by atoms with Crippen molar-refractivity contribution < 1.29 is 23.5 Å². The molecule has 1 aliphatic heterocycles. The topological polar surface area (TPSA) is 79.9 Å². The first-order valence-corrected chi connectivity index (χ1v) is 9.40. The number of amides is 2. The molecule has 1 fully saturated rings. The summed E-state index contributed by atoms with van der Waals surface area (Å²) in [6.45, 7) is 4.02. The van der Waals surface area contributed by atoms with Crippen LogP contribution >= 0.6 is 0 Å². The predicted molar refractivity (Wildman–Crippen MR) is 108 cm³/mol. The van der Waals surface area contributed by atoms with Crippen LogP contribution < -0.4 is 15.4 Å². The molecule has 2 aromatic rings. The standard InChI is InChI=1S/C21H24FN3O4/c1-3-28-18-6-4-5-16(12-18)23-20(26)14-9-15(22)11-17(10-14)24-21(27)19-13-25(2)7-8-29-19/h4-6,9-12,19H,3,7-8,13H2,1-2H3,(H,23,26)(H,24,27). The van der Waals surface area contributed by atoms with Gasteiger partial charge in [0.15, 0.2) is 0 Å². The van der Waals surface area contributed by atoms with E-state index in [9.17, 15) is 14.0 Å². The molecule has 154 valence electrons. The zero-order valence-electron chi connectivity index (χ0n) is 16.4. The molecule has 1 unspecified atom stereocenters. The molecular formula is C21H24FN3O4. The highest BCUT2D eigenvalue weighted by atomic mass is 19.1. The minimum Gasteiger partial charge on any atom is -0.494 e. The van der Waals surface area contributed by atoms with E-state index in [1.165, 1.54) is 6.07 Å². The fraction of sp³-hybridized carbons (Fsp3) is 0.333. The Bertz CT molecular complexity index is 890. The highest BCUT2D eigenvalue weighted by Gasteiger charge is 2.25. The van der Waals surface area contributed by atoms with Crippen LogP contribution in [0.5, 0.6) is 5.75 Å². The Balaban J connectivity index is 1.70. The van der Waals surface area contributed by atoms with Crippen LogP contribution in [-0.2, 0) is 9.53 Å². The summed E-state index contributed by atoms with van der Waals surface area (Å²) in [5, 5.41) is 5.33. The molecule has 0 saturated carbocycles. The van der Waals surface area contributed by atoms with Gasteiger partial charge >= 0.3 is 0 Å². The Morgan fingerprint density at radius 2 is 2.03 bits per heavy atom. The van der Waals surface area contributed by atoms with E-state index in [0.29, 0.717) is 31.2 Å². The summed E-state index contributed by atoms with van der Waals surface area (Å²) in [7, 11) is 1.90. The van der Waals surface area contributed by atoms with Gasteiger partial charge in [-0.1, -0.05) is 6.07 Å². The Morgan fingerprint density at radius 1 is 1.21 bits per heavy atom. The zero-order chi connectivity index (χ0) is 20.8. The lowest BCUT2D eigenvalue weighted by molar-refractivity contribution is -0.132. The van der Waals surface area contributed by atoms with Gasteiger partial charge in [-0.3, -0.25) is 9.59 Å². The van der Waals surface area contributed by atoms with Crippen LogP contribution in [0.4, 0.5) is 15.8 Å². The summed E-state index contributed by atoms with van der Waals surface area (Å²) in [6, 6.07) is 10.6. The number of benzene rings is 2. The average molecular weight is 401 g/mol. The second kappa shape index (κ2) is 9.49. The number of nitrogens with one attached hydrogen (secondary N) is 2. The Labute approximate surface area is 168 Å². The second-order valence-corrected chi connectivity index (χ2v) is 6.75. The van der Waals surface area contributed by atoms with Crippen LogP contribution in [0.2, 0.25) is 0 Å². The molecule has 2 amide bonds. The van der Waals surface area contributed by atoms with Crippen LogP contribution in [-0.4, -0.2) is 56.2 Å². The van der Waals surface area contributed by atoms with E-state index in [1.54, 1.807) is 24.3 Å².